The summed E-state index contributed by atoms with van der Waals surface area (Å²) in [7, 11) is 0. The van der Waals surface area contributed by atoms with Crippen LogP contribution < -0.4 is 5.73 Å². The molecule has 0 aliphatic heterocycles. The van der Waals surface area contributed by atoms with Gasteiger partial charge in [0.25, 0.3) is 5.69 Å². The van der Waals surface area contributed by atoms with E-state index in [1.165, 1.54) is 12.1 Å². The highest BCUT2D eigenvalue weighted by Gasteiger charge is 2.11. The zero-order chi connectivity index (χ0) is 11.7. The molecule has 0 spiro atoms. The van der Waals surface area contributed by atoms with Gasteiger partial charge in [0.05, 0.1) is 17.1 Å². The lowest BCUT2D eigenvalue weighted by atomic mass is 10.3. The van der Waals surface area contributed by atoms with Crippen LogP contribution in [-0.4, -0.2) is 19.5 Å². The molecule has 0 aliphatic carbocycles. The Labute approximate surface area is 90.7 Å². The maximum Gasteiger partial charge on any atom is 0.276 e. The molecule has 2 aromatic heterocycles. The number of pyridine rings is 1. The largest absolute Gasteiger partial charge is 0.383 e. The Morgan fingerprint density at radius 3 is 2.81 bits per heavy atom. The van der Waals surface area contributed by atoms with Crippen molar-refractivity contribution < 1.29 is 4.92 Å². The minimum atomic E-state index is -0.506. The van der Waals surface area contributed by atoms with E-state index in [9.17, 15) is 10.1 Å². The number of nitrogen functional groups attached to an aromatic ring is 1. The first-order valence-corrected chi connectivity index (χ1v) is 4.50. The van der Waals surface area contributed by atoms with E-state index >= 15 is 0 Å². The van der Waals surface area contributed by atoms with Gasteiger partial charge in [0, 0.05) is 12.4 Å². The van der Waals surface area contributed by atoms with Crippen LogP contribution >= 0.6 is 0 Å². The summed E-state index contributed by atoms with van der Waals surface area (Å²) in [6.07, 6.45) is 3.26. The Balaban J connectivity index is 2.58. The third-order valence-corrected chi connectivity index (χ3v) is 2.10. The van der Waals surface area contributed by atoms with Crippen molar-refractivity contribution in [3.8, 4) is 5.82 Å². The summed E-state index contributed by atoms with van der Waals surface area (Å²) in [5, 5.41) is 10.7. The van der Waals surface area contributed by atoms with Gasteiger partial charge >= 0.3 is 0 Å². The standard InChI is InChI=1S/C9H9N5O2/c1-6-11-2-3-13(6)9-5-7(14(15)16)4-8(10)12-9/h2-5H,1H3,(H2,10,12). The second-order valence-electron chi connectivity index (χ2n) is 3.21. The Hall–Kier alpha value is -2.44. The summed E-state index contributed by atoms with van der Waals surface area (Å²) >= 11 is 0. The van der Waals surface area contributed by atoms with Crippen molar-refractivity contribution in [3.63, 3.8) is 0 Å². The molecule has 0 aliphatic rings. The molecule has 7 nitrogen and oxygen atoms in total. The van der Waals surface area contributed by atoms with Crippen molar-refractivity contribution in [1.29, 1.82) is 0 Å². The lowest BCUT2D eigenvalue weighted by Crippen LogP contribution is -2.03. The first kappa shape index (κ1) is 10.1. The van der Waals surface area contributed by atoms with Gasteiger partial charge < -0.3 is 5.73 Å². The number of hydrogen-bond donors (Lipinski definition) is 1. The van der Waals surface area contributed by atoms with E-state index in [1.54, 1.807) is 23.9 Å². The van der Waals surface area contributed by atoms with Crippen LogP contribution in [-0.2, 0) is 0 Å². The van der Waals surface area contributed by atoms with Crippen molar-refractivity contribution in [2.45, 2.75) is 6.92 Å². The summed E-state index contributed by atoms with van der Waals surface area (Å²) < 4.78 is 1.63. The highest BCUT2D eigenvalue weighted by Crippen LogP contribution is 2.18. The molecule has 0 saturated carbocycles. The van der Waals surface area contributed by atoms with E-state index < -0.39 is 4.92 Å². The molecule has 0 fully saturated rings. The third-order valence-electron chi connectivity index (χ3n) is 2.10. The highest BCUT2D eigenvalue weighted by atomic mass is 16.6. The summed E-state index contributed by atoms with van der Waals surface area (Å²) in [4.78, 5) is 18.2. The summed E-state index contributed by atoms with van der Waals surface area (Å²) in [6, 6.07) is 2.57. The number of nitrogens with two attached hydrogens (primary N) is 1. The molecule has 0 unspecified atom stereocenters. The Morgan fingerprint density at radius 1 is 1.50 bits per heavy atom. The molecular formula is C9H9N5O2. The SMILES string of the molecule is Cc1nccn1-c1cc([N+](=O)[O-])cc(N)n1. The Morgan fingerprint density at radius 2 is 2.25 bits per heavy atom. The number of hydrogen-bond acceptors (Lipinski definition) is 5. The first-order valence-electron chi connectivity index (χ1n) is 4.50. The minimum absolute atomic E-state index is 0.0874. The average Bonchev–Trinajstić information content (AvgIpc) is 2.63. The first-order chi connectivity index (χ1) is 7.58. The number of nitrogens with zero attached hydrogens (tertiary/aromatic N) is 4. The van der Waals surface area contributed by atoms with E-state index in [1.807, 2.05) is 0 Å². The molecule has 0 radical (unpaired) electrons. The van der Waals surface area contributed by atoms with Gasteiger partial charge in [-0.25, -0.2) is 9.97 Å². The zero-order valence-corrected chi connectivity index (χ0v) is 8.49. The van der Waals surface area contributed by atoms with Gasteiger partial charge in [-0.05, 0) is 6.92 Å². The van der Waals surface area contributed by atoms with Gasteiger partial charge in [-0.15, -0.1) is 0 Å². The van der Waals surface area contributed by atoms with Crippen LogP contribution in [0.25, 0.3) is 5.82 Å². The number of aryl methyl sites for hydroxylation is 1. The maximum atomic E-state index is 10.7. The normalized spacial score (nSPS) is 10.3. The fraction of sp³-hybridized carbons (Fsp3) is 0.111. The number of nitro groups is 1. The second kappa shape index (κ2) is 3.61. The summed E-state index contributed by atoms with van der Waals surface area (Å²) in [5.74, 6) is 1.19. The molecule has 16 heavy (non-hydrogen) atoms. The molecule has 2 N–H and O–H groups in total. The highest BCUT2D eigenvalue weighted by molar-refractivity contribution is 5.48. The fourth-order valence-corrected chi connectivity index (χ4v) is 1.37. The minimum Gasteiger partial charge on any atom is -0.383 e. The van der Waals surface area contributed by atoms with E-state index in [-0.39, 0.29) is 11.5 Å². The molecular weight excluding hydrogens is 210 g/mol. The van der Waals surface area contributed by atoms with Crippen LogP contribution in [0.3, 0.4) is 0 Å². The van der Waals surface area contributed by atoms with Gasteiger partial charge in [-0.3, -0.25) is 14.7 Å². The van der Waals surface area contributed by atoms with E-state index in [0.29, 0.717) is 11.6 Å². The van der Waals surface area contributed by atoms with Crippen LogP contribution in [0.4, 0.5) is 11.5 Å². The van der Waals surface area contributed by atoms with Crippen molar-refractivity contribution in [2.24, 2.45) is 0 Å². The molecule has 82 valence electrons. The van der Waals surface area contributed by atoms with E-state index in [2.05, 4.69) is 9.97 Å². The maximum absolute atomic E-state index is 10.7. The lowest BCUT2D eigenvalue weighted by molar-refractivity contribution is -0.384. The average molecular weight is 219 g/mol. The summed E-state index contributed by atoms with van der Waals surface area (Å²) in [6.45, 7) is 1.77. The summed E-state index contributed by atoms with van der Waals surface area (Å²) in [5.41, 5.74) is 5.42. The Bertz CT molecular complexity index is 549. The monoisotopic (exact) mass is 219 g/mol. The fourth-order valence-electron chi connectivity index (χ4n) is 1.37. The van der Waals surface area contributed by atoms with Crippen molar-refractivity contribution in [3.05, 3.63) is 40.5 Å². The molecule has 0 atom stereocenters. The second-order valence-corrected chi connectivity index (χ2v) is 3.21. The lowest BCUT2D eigenvalue weighted by Gasteiger charge is -2.04. The molecule has 2 rings (SSSR count). The van der Waals surface area contributed by atoms with E-state index in [0.717, 1.165) is 0 Å². The number of imidazole rings is 1. The smallest absolute Gasteiger partial charge is 0.276 e. The number of aromatic nitrogens is 3. The van der Waals surface area contributed by atoms with E-state index in [4.69, 9.17) is 5.73 Å². The van der Waals surface area contributed by atoms with Crippen molar-refractivity contribution >= 4 is 11.5 Å². The predicted molar refractivity (Wildman–Crippen MR) is 57.2 cm³/mol. The topological polar surface area (TPSA) is 99.9 Å². The predicted octanol–water partition coefficient (Wildman–Crippen LogP) is 1.07. The molecule has 2 heterocycles. The Kier molecular flexibility index (Phi) is 2.28. The third kappa shape index (κ3) is 1.70. The quantitative estimate of drug-likeness (QED) is 0.601. The number of anilines is 1. The molecule has 2 aromatic rings. The van der Waals surface area contributed by atoms with Gasteiger partial charge in [-0.2, -0.15) is 0 Å². The van der Waals surface area contributed by atoms with Crippen LogP contribution in [0, 0.1) is 17.0 Å². The van der Waals surface area contributed by atoms with Gasteiger partial charge in [0.15, 0.2) is 0 Å². The van der Waals surface area contributed by atoms with Crippen LogP contribution in [0.15, 0.2) is 24.5 Å². The molecule has 0 bridgehead atoms. The van der Waals surface area contributed by atoms with Crippen LogP contribution in [0.2, 0.25) is 0 Å². The van der Waals surface area contributed by atoms with Crippen LogP contribution in [0.1, 0.15) is 5.82 Å². The molecule has 7 heteroatoms. The molecule has 0 amide bonds. The molecule has 0 aromatic carbocycles. The number of rotatable bonds is 2. The van der Waals surface area contributed by atoms with Crippen molar-refractivity contribution in [1.82, 2.24) is 14.5 Å². The molecule has 0 saturated heterocycles. The zero-order valence-electron chi connectivity index (χ0n) is 8.49. The van der Waals surface area contributed by atoms with Crippen LogP contribution in [0.5, 0.6) is 0 Å². The van der Waals surface area contributed by atoms with Crippen molar-refractivity contribution in [2.75, 3.05) is 5.73 Å². The van der Waals surface area contributed by atoms with Gasteiger partial charge in [0.1, 0.15) is 17.5 Å². The van der Waals surface area contributed by atoms with Gasteiger partial charge in [-0.1, -0.05) is 0 Å². The van der Waals surface area contributed by atoms with Gasteiger partial charge in [0.2, 0.25) is 0 Å².